The second-order valence-electron chi connectivity index (χ2n) is 19.7. The van der Waals surface area contributed by atoms with Crippen LogP contribution in [0.4, 0.5) is 59.9 Å². The first-order valence-corrected chi connectivity index (χ1v) is 29.1. The molecule has 0 unspecified atom stereocenters. The van der Waals surface area contributed by atoms with Crippen molar-refractivity contribution in [1.29, 1.82) is 5.41 Å². The lowest BCUT2D eigenvalue weighted by atomic mass is 10.1. The summed E-state index contributed by atoms with van der Waals surface area (Å²) in [6.45, 7) is 23.2. The van der Waals surface area contributed by atoms with Crippen LogP contribution in [0.15, 0.2) is 158 Å². The van der Waals surface area contributed by atoms with Crippen molar-refractivity contribution in [2.24, 2.45) is 0 Å². The van der Waals surface area contributed by atoms with Gasteiger partial charge in [0.25, 0.3) is 0 Å². The van der Waals surface area contributed by atoms with Gasteiger partial charge in [0, 0.05) is 91.2 Å². The maximum atomic E-state index is 12.2. The molecule has 1 atom stereocenters. The minimum Gasteiger partial charge on any atom is -0.870 e. The van der Waals surface area contributed by atoms with E-state index in [0.29, 0.717) is 28.3 Å². The van der Waals surface area contributed by atoms with Crippen LogP contribution in [-0.2, 0) is 41.9 Å². The van der Waals surface area contributed by atoms with E-state index < -0.39 is 36.2 Å². The molecule has 0 saturated carbocycles. The van der Waals surface area contributed by atoms with Crippen molar-refractivity contribution in [3.8, 4) is 0 Å². The zero-order valence-corrected chi connectivity index (χ0v) is 51.5. The number of carboxylic acids is 2. The number of benzene rings is 5. The SMILES string of the molecule is C=C1C=CC(=N)C=C1.CCCN(CCC)c1ccc(N)cc1.CCCN(CCC)c1ccc(NC(=O)OCc2ccc(N)cc2)cc1.CCCN(CCC)c1ccc(NC(=O)OCc2ccc(NC(=O)N[C@@H](CCC(=O)O)C(=O)O)cc2)cc1.O=C=O.[OH-]. The van der Waals surface area contributed by atoms with Crippen LogP contribution in [0.5, 0.6) is 0 Å². The summed E-state index contributed by atoms with van der Waals surface area (Å²) in [5.74, 6) is -2.48. The van der Waals surface area contributed by atoms with Crippen molar-refractivity contribution in [2.45, 2.75) is 112 Å². The van der Waals surface area contributed by atoms with Gasteiger partial charge in [-0.05, 0) is 171 Å². The zero-order valence-electron chi connectivity index (χ0n) is 51.5. The molecule has 0 aromatic heterocycles. The number of carbonyl (C=O) groups excluding carboxylic acids is 5. The van der Waals surface area contributed by atoms with Crippen LogP contribution in [0, 0.1) is 5.41 Å². The van der Waals surface area contributed by atoms with E-state index in [1.807, 2.05) is 84.9 Å². The third-order valence-corrected chi connectivity index (χ3v) is 12.3. The average Bonchev–Trinajstić information content (AvgIpc) is 3.71. The summed E-state index contributed by atoms with van der Waals surface area (Å²) in [4.78, 5) is 81.3. The topological polar surface area (TPSA) is 342 Å². The molecule has 0 fully saturated rings. The minimum absolute atomic E-state index is 0. The number of nitrogens with zero attached hydrogens (tertiary/aromatic N) is 3. The first kappa shape index (κ1) is 76.1. The number of carbonyl (C=O) groups is 5. The highest BCUT2D eigenvalue weighted by molar-refractivity contribution is 6.03. The summed E-state index contributed by atoms with van der Waals surface area (Å²) >= 11 is 0. The molecule has 0 heterocycles. The summed E-state index contributed by atoms with van der Waals surface area (Å²) in [6, 6.07) is 35.2. The Labute approximate surface area is 517 Å². The largest absolute Gasteiger partial charge is 0.870 e. The third-order valence-electron chi connectivity index (χ3n) is 12.3. The van der Waals surface area contributed by atoms with Crippen molar-refractivity contribution >= 4 is 87.5 Å². The smallest absolute Gasteiger partial charge is 0.411 e. The van der Waals surface area contributed by atoms with Crippen molar-refractivity contribution in [1.82, 2.24) is 5.32 Å². The fraction of sp³-hybridized carbons (Fsp3) is 0.348. The van der Waals surface area contributed by atoms with Crippen LogP contribution in [0.3, 0.4) is 0 Å². The number of rotatable bonds is 27. The highest BCUT2D eigenvalue weighted by Gasteiger charge is 2.21. The predicted molar refractivity (Wildman–Crippen MR) is 350 cm³/mol. The van der Waals surface area contributed by atoms with E-state index in [2.05, 4.69) is 96.2 Å². The van der Waals surface area contributed by atoms with E-state index in [1.54, 1.807) is 48.6 Å². The van der Waals surface area contributed by atoms with Gasteiger partial charge in [0.05, 0.1) is 5.71 Å². The van der Waals surface area contributed by atoms with Crippen molar-refractivity contribution in [3.05, 3.63) is 169 Å². The van der Waals surface area contributed by atoms with Gasteiger partial charge in [-0.15, -0.1) is 0 Å². The number of carboxylic acid groups (broad SMARTS) is 2. The van der Waals surface area contributed by atoms with Crippen LogP contribution in [-0.4, -0.2) is 103 Å². The summed E-state index contributed by atoms with van der Waals surface area (Å²) in [5, 5.41) is 35.0. The van der Waals surface area contributed by atoms with E-state index in [9.17, 15) is 24.0 Å². The van der Waals surface area contributed by atoms with Crippen LogP contribution < -0.4 is 47.4 Å². The average molecular weight is 1210 g/mol. The van der Waals surface area contributed by atoms with Crippen LogP contribution >= 0.6 is 0 Å². The summed E-state index contributed by atoms with van der Waals surface area (Å²) < 4.78 is 10.5. The lowest BCUT2D eigenvalue weighted by molar-refractivity contribution is -0.191. The third kappa shape index (κ3) is 32.4. The van der Waals surface area contributed by atoms with Gasteiger partial charge < -0.3 is 67.4 Å². The molecule has 0 aliphatic heterocycles. The second kappa shape index (κ2) is 44.5. The molecule has 22 nitrogen and oxygen atoms in total. The van der Waals surface area contributed by atoms with Gasteiger partial charge in [-0.3, -0.25) is 15.4 Å². The van der Waals surface area contributed by atoms with Crippen molar-refractivity contribution in [2.75, 3.05) is 81.4 Å². The molecule has 476 valence electrons. The lowest BCUT2D eigenvalue weighted by Gasteiger charge is -2.24. The van der Waals surface area contributed by atoms with Crippen LogP contribution in [0.1, 0.15) is 104 Å². The monoisotopic (exact) mass is 1210 g/mol. The normalized spacial score (nSPS) is 10.9. The molecule has 5 aromatic rings. The fourth-order valence-corrected chi connectivity index (χ4v) is 8.18. The van der Waals surface area contributed by atoms with Gasteiger partial charge in [-0.25, -0.2) is 19.2 Å². The molecule has 22 heteroatoms. The molecule has 1 aliphatic rings. The van der Waals surface area contributed by atoms with Crippen LogP contribution in [0.2, 0.25) is 0 Å². The number of ether oxygens (including phenoxy) is 2. The molecule has 0 bridgehead atoms. The number of hydrogen-bond acceptors (Lipinski definition) is 16. The van der Waals surface area contributed by atoms with Gasteiger partial charge in [-0.1, -0.05) is 84.5 Å². The zero-order chi connectivity index (χ0) is 64.4. The number of amides is 4. The number of nitrogens with two attached hydrogens (primary N) is 2. The number of hydrogen-bond donors (Lipinski definition) is 9. The first-order valence-electron chi connectivity index (χ1n) is 29.1. The number of allylic oxidation sites excluding steroid dienone is 5. The Bertz CT molecular complexity index is 2900. The number of aliphatic carboxylic acids is 2. The van der Waals surface area contributed by atoms with Gasteiger partial charge in [0.15, 0.2) is 0 Å². The van der Waals surface area contributed by atoms with Crippen molar-refractivity contribution < 1.29 is 58.7 Å². The van der Waals surface area contributed by atoms with Gasteiger partial charge >= 0.3 is 36.3 Å². The Morgan fingerprint density at radius 1 is 0.523 bits per heavy atom. The highest BCUT2D eigenvalue weighted by atomic mass is 16.6. The molecule has 0 saturated heterocycles. The van der Waals surface area contributed by atoms with Gasteiger partial charge in [0.1, 0.15) is 19.3 Å². The Morgan fingerprint density at radius 3 is 1.15 bits per heavy atom. The van der Waals surface area contributed by atoms with E-state index in [-0.39, 0.29) is 37.7 Å². The van der Waals surface area contributed by atoms with Crippen LogP contribution in [0.25, 0.3) is 0 Å². The fourth-order valence-electron chi connectivity index (χ4n) is 8.18. The van der Waals surface area contributed by atoms with Gasteiger partial charge in [0.2, 0.25) is 0 Å². The standard InChI is InChI=1S/C26H34N4O7.C20H27N3O2.C12H20N2.C7H7N.CO2.H2O/c1-3-15-30(16-4-2)21-11-9-20(10-12-21)28-26(36)37-17-18-5-7-19(8-6-18)27-25(35)29-22(24(33)34)13-14-23(31)32;1-3-13-23(14-4-2)19-11-9-18(10-12-19)22-20(24)25-15-16-5-7-17(21)8-6-16;1-3-9-14(10-4-2)12-7-5-11(13)6-8-12;1-6-2-4-7(8)5-3-6;2-1-3;/h5-12,22H,3-4,13-17H2,1-2H3,(H,28,36)(H,31,32)(H,33,34)(H2,27,29,35);5-12H,3-4,13-15,21H2,1-2H3,(H,22,24);5-8H,3-4,9-10,13H2,1-2H3;2-5,8H,1H2;;1H2/p-1/t22-;;;;;/m0...../s1. The second-order valence-corrected chi connectivity index (χ2v) is 19.7. The van der Waals surface area contributed by atoms with E-state index in [0.717, 1.165) is 93.2 Å². The molecule has 12 N–H and O–H groups in total. The van der Waals surface area contributed by atoms with Crippen molar-refractivity contribution in [3.63, 3.8) is 0 Å². The maximum Gasteiger partial charge on any atom is 0.411 e. The maximum absolute atomic E-state index is 12.2. The Balaban J connectivity index is 0.000000647. The predicted octanol–water partition coefficient (Wildman–Crippen LogP) is 13.0. The summed E-state index contributed by atoms with van der Waals surface area (Å²) in [5.41, 5.74) is 21.2. The lowest BCUT2D eigenvalue weighted by Crippen LogP contribution is -2.43. The Hall–Kier alpha value is -9.92. The number of nitrogens with one attached hydrogen (secondary N) is 5. The molecule has 5 aromatic carbocycles. The number of urea groups is 1. The summed E-state index contributed by atoms with van der Waals surface area (Å²) in [7, 11) is 0. The van der Waals surface area contributed by atoms with Gasteiger partial charge in [-0.2, -0.15) is 9.59 Å². The first-order chi connectivity index (χ1) is 41.8. The molecule has 88 heavy (non-hydrogen) atoms. The summed E-state index contributed by atoms with van der Waals surface area (Å²) in [6.07, 6.45) is 12.3. The molecular weight excluding hydrogens is 1120 g/mol. The van der Waals surface area contributed by atoms with E-state index in [1.165, 1.54) is 24.2 Å². The molecule has 0 spiro atoms. The van der Waals surface area contributed by atoms with E-state index >= 15 is 0 Å². The number of nitrogen functional groups attached to an aromatic ring is 2. The Kier molecular flexibility index (Phi) is 38.5. The number of anilines is 8. The molecule has 1 aliphatic carbocycles. The van der Waals surface area contributed by atoms with E-state index in [4.69, 9.17) is 46.2 Å². The highest BCUT2D eigenvalue weighted by Crippen LogP contribution is 2.22. The minimum atomic E-state index is -1.33. The Morgan fingerprint density at radius 2 is 0.830 bits per heavy atom. The molecule has 0 radical (unpaired) electrons. The molecular formula is C66H89N10O12-. The quantitative estimate of drug-likeness (QED) is 0.0221. The molecule has 4 amide bonds. The molecule has 6 rings (SSSR count).